The molecule has 0 spiro atoms. The minimum atomic E-state index is -3.51. The summed E-state index contributed by atoms with van der Waals surface area (Å²) in [6.07, 6.45) is 3.35. The van der Waals surface area contributed by atoms with Gasteiger partial charge in [-0.05, 0) is 55.0 Å². The Bertz CT molecular complexity index is 886. The molecule has 1 aliphatic rings. The van der Waals surface area contributed by atoms with Crippen LogP contribution in [0.5, 0.6) is 0 Å². The minimum absolute atomic E-state index is 0.119. The Kier molecular flexibility index (Phi) is 4.91. The van der Waals surface area contributed by atoms with E-state index >= 15 is 0 Å². The van der Waals surface area contributed by atoms with Crippen LogP contribution in [0.3, 0.4) is 0 Å². The van der Waals surface area contributed by atoms with E-state index in [2.05, 4.69) is 0 Å². The molecule has 0 bridgehead atoms. The standard InChI is InChI=1S/C16H17NO4S3/c1-11-6-9-22-14(11)10-12(16(18)19)13-4-5-15(23-13)24(20,21)17-7-2-3-8-17/h4-6,9-10H,2-3,7-8H2,1H3,(H,18,19)/b12-10-. The molecule has 1 N–H and O–H groups in total. The molecule has 0 atom stereocenters. The lowest BCUT2D eigenvalue weighted by molar-refractivity contribution is -0.130. The fraction of sp³-hybridized carbons (Fsp3) is 0.312. The second-order valence-corrected chi connectivity index (χ2v) is 9.76. The Labute approximate surface area is 148 Å². The Morgan fingerprint density at radius 3 is 2.54 bits per heavy atom. The van der Waals surface area contributed by atoms with Crippen LogP contribution in [0.2, 0.25) is 0 Å². The van der Waals surface area contributed by atoms with Crippen molar-refractivity contribution < 1.29 is 18.3 Å². The maximum absolute atomic E-state index is 12.6. The minimum Gasteiger partial charge on any atom is -0.478 e. The van der Waals surface area contributed by atoms with Crippen LogP contribution in [0.1, 0.15) is 28.2 Å². The largest absolute Gasteiger partial charge is 0.478 e. The highest BCUT2D eigenvalue weighted by Gasteiger charge is 2.29. The summed E-state index contributed by atoms with van der Waals surface area (Å²) in [6.45, 7) is 2.98. The van der Waals surface area contributed by atoms with Crippen LogP contribution < -0.4 is 0 Å². The van der Waals surface area contributed by atoms with Gasteiger partial charge in [0.1, 0.15) is 4.21 Å². The number of carbonyl (C=O) groups is 1. The zero-order chi connectivity index (χ0) is 17.3. The molecular weight excluding hydrogens is 366 g/mol. The first kappa shape index (κ1) is 17.3. The molecule has 0 aliphatic carbocycles. The number of carboxylic acids is 1. The van der Waals surface area contributed by atoms with Crippen molar-refractivity contribution in [2.75, 3.05) is 13.1 Å². The van der Waals surface area contributed by atoms with Gasteiger partial charge in [0, 0.05) is 22.8 Å². The third-order valence-electron chi connectivity index (χ3n) is 3.91. The summed E-state index contributed by atoms with van der Waals surface area (Å²) in [5.41, 5.74) is 1.12. The summed E-state index contributed by atoms with van der Waals surface area (Å²) < 4.78 is 26.8. The maximum atomic E-state index is 12.6. The van der Waals surface area contributed by atoms with E-state index in [0.29, 0.717) is 18.0 Å². The highest BCUT2D eigenvalue weighted by molar-refractivity contribution is 7.91. The van der Waals surface area contributed by atoms with Crippen molar-refractivity contribution in [3.8, 4) is 0 Å². The van der Waals surface area contributed by atoms with Gasteiger partial charge in [0.15, 0.2) is 0 Å². The third-order valence-corrected chi connectivity index (χ3v) is 8.36. The predicted octanol–water partition coefficient (Wildman–Crippen LogP) is 3.53. The zero-order valence-corrected chi connectivity index (χ0v) is 15.5. The molecule has 0 saturated carbocycles. The predicted molar refractivity (Wildman–Crippen MR) is 96.9 cm³/mol. The van der Waals surface area contributed by atoms with E-state index in [9.17, 15) is 18.3 Å². The third kappa shape index (κ3) is 3.32. The van der Waals surface area contributed by atoms with Crippen LogP contribution in [0.25, 0.3) is 11.6 Å². The Balaban J connectivity index is 1.97. The summed E-state index contributed by atoms with van der Waals surface area (Å²) >= 11 is 2.48. The van der Waals surface area contributed by atoms with Crippen molar-refractivity contribution in [1.82, 2.24) is 4.31 Å². The van der Waals surface area contributed by atoms with Gasteiger partial charge in [-0.2, -0.15) is 4.31 Å². The molecule has 2 aromatic rings. The van der Waals surface area contributed by atoms with Gasteiger partial charge in [-0.1, -0.05) is 0 Å². The lowest BCUT2D eigenvalue weighted by atomic mass is 10.1. The van der Waals surface area contributed by atoms with Crippen LogP contribution in [0.15, 0.2) is 27.8 Å². The summed E-state index contributed by atoms with van der Waals surface area (Å²) in [4.78, 5) is 13.0. The van der Waals surface area contributed by atoms with E-state index in [-0.39, 0.29) is 9.78 Å². The van der Waals surface area contributed by atoms with Gasteiger partial charge in [0.05, 0.1) is 5.57 Å². The maximum Gasteiger partial charge on any atom is 0.337 e. The molecule has 1 aliphatic heterocycles. The molecular formula is C16H17NO4S3. The number of hydrogen-bond donors (Lipinski definition) is 1. The van der Waals surface area contributed by atoms with Crippen molar-refractivity contribution >= 4 is 50.3 Å². The van der Waals surface area contributed by atoms with Crippen LogP contribution in [-0.2, 0) is 14.8 Å². The monoisotopic (exact) mass is 383 g/mol. The second kappa shape index (κ2) is 6.79. The van der Waals surface area contributed by atoms with E-state index < -0.39 is 16.0 Å². The normalized spacial score (nSPS) is 16.6. The molecule has 0 unspecified atom stereocenters. The molecule has 2 aromatic heterocycles. The Hall–Kier alpha value is -1.48. The van der Waals surface area contributed by atoms with Crippen molar-refractivity contribution in [2.24, 2.45) is 0 Å². The summed E-state index contributed by atoms with van der Waals surface area (Å²) in [5.74, 6) is -1.06. The Morgan fingerprint density at radius 1 is 1.25 bits per heavy atom. The van der Waals surface area contributed by atoms with E-state index in [1.807, 2.05) is 18.4 Å². The first-order valence-corrected chi connectivity index (χ1v) is 10.6. The summed E-state index contributed by atoms with van der Waals surface area (Å²) in [6, 6.07) is 5.01. The van der Waals surface area contributed by atoms with Gasteiger partial charge < -0.3 is 5.11 Å². The quantitative estimate of drug-likeness (QED) is 0.802. The van der Waals surface area contributed by atoms with Gasteiger partial charge in [-0.25, -0.2) is 13.2 Å². The molecule has 3 rings (SSSR count). The first-order valence-electron chi connectivity index (χ1n) is 7.49. The number of aryl methyl sites for hydroxylation is 1. The van der Waals surface area contributed by atoms with Gasteiger partial charge in [-0.3, -0.25) is 0 Å². The molecule has 1 saturated heterocycles. The second-order valence-electron chi connectivity index (χ2n) is 5.56. The van der Waals surface area contributed by atoms with Crippen molar-refractivity contribution in [2.45, 2.75) is 24.0 Å². The molecule has 8 heteroatoms. The molecule has 128 valence electrons. The number of nitrogens with zero attached hydrogens (tertiary/aromatic N) is 1. The van der Waals surface area contributed by atoms with Crippen molar-refractivity contribution in [3.05, 3.63) is 38.9 Å². The molecule has 24 heavy (non-hydrogen) atoms. The molecule has 0 aromatic carbocycles. The van der Waals surface area contributed by atoms with E-state index in [1.54, 1.807) is 12.1 Å². The molecule has 0 amide bonds. The number of thiophene rings is 2. The van der Waals surface area contributed by atoms with Crippen molar-refractivity contribution in [3.63, 3.8) is 0 Å². The average molecular weight is 384 g/mol. The van der Waals surface area contributed by atoms with E-state index in [1.165, 1.54) is 21.7 Å². The van der Waals surface area contributed by atoms with Crippen LogP contribution in [0.4, 0.5) is 0 Å². The average Bonchev–Trinajstić information content (AvgIpc) is 3.27. The van der Waals surface area contributed by atoms with Crippen molar-refractivity contribution in [1.29, 1.82) is 0 Å². The van der Waals surface area contributed by atoms with E-state index in [0.717, 1.165) is 34.6 Å². The van der Waals surface area contributed by atoms with Gasteiger partial charge in [-0.15, -0.1) is 22.7 Å². The summed E-state index contributed by atoms with van der Waals surface area (Å²) in [5, 5.41) is 11.4. The number of sulfonamides is 1. The topological polar surface area (TPSA) is 74.7 Å². The smallest absolute Gasteiger partial charge is 0.337 e. The lowest BCUT2D eigenvalue weighted by Gasteiger charge is -2.13. The first-order chi connectivity index (χ1) is 11.4. The van der Waals surface area contributed by atoms with Gasteiger partial charge in [0.25, 0.3) is 10.0 Å². The fourth-order valence-corrected chi connectivity index (χ4v) is 6.40. The summed E-state index contributed by atoms with van der Waals surface area (Å²) in [7, 11) is -3.51. The number of rotatable bonds is 5. The SMILES string of the molecule is Cc1ccsc1/C=C(\C(=O)O)c1ccc(S(=O)(=O)N2CCCC2)s1. The van der Waals surface area contributed by atoms with Gasteiger partial charge >= 0.3 is 5.97 Å². The fourth-order valence-electron chi connectivity index (χ4n) is 2.56. The lowest BCUT2D eigenvalue weighted by Crippen LogP contribution is -2.27. The number of hydrogen-bond acceptors (Lipinski definition) is 5. The van der Waals surface area contributed by atoms with Crippen LogP contribution in [-0.4, -0.2) is 36.9 Å². The molecule has 1 fully saturated rings. The Morgan fingerprint density at radius 2 is 1.96 bits per heavy atom. The zero-order valence-electron chi connectivity index (χ0n) is 13.1. The van der Waals surface area contributed by atoms with Crippen LogP contribution in [0, 0.1) is 6.92 Å². The highest BCUT2D eigenvalue weighted by Crippen LogP contribution is 2.33. The molecule has 5 nitrogen and oxygen atoms in total. The van der Waals surface area contributed by atoms with Gasteiger partial charge in [0.2, 0.25) is 0 Å². The number of carboxylic acid groups (broad SMARTS) is 1. The molecule has 3 heterocycles. The number of aliphatic carboxylic acids is 1. The highest BCUT2D eigenvalue weighted by atomic mass is 32.2. The van der Waals surface area contributed by atoms with E-state index in [4.69, 9.17) is 0 Å². The van der Waals surface area contributed by atoms with Crippen LogP contribution >= 0.6 is 22.7 Å². The molecule has 0 radical (unpaired) electrons.